The van der Waals surface area contributed by atoms with E-state index in [1.54, 1.807) is 11.0 Å². The molecule has 1 N–H and O–H groups in total. The number of aromatic amines is 1. The molecule has 2 heterocycles. The number of aromatic nitrogens is 2. The highest BCUT2D eigenvalue weighted by molar-refractivity contribution is 6.31. The predicted molar refractivity (Wildman–Crippen MR) is 98.3 cm³/mol. The Labute approximate surface area is 152 Å². The molecule has 2 aromatic rings. The van der Waals surface area contributed by atoms with Crippen molar-refractivity contribution >= 4 is 17.5 Å². The number of H-pyrrole nitrogens is 1. The fraction of sp³-hybridized carbons (Fsp3) is 0.421. The van der Waals surface area contributed by atoms with Crippen molar-refractivity contribution in [3.05, 3.63) is 62.8 Å². The van der Waals surface area contributed by atoms with Gasteiger partial charge >= 0.3 is 5.69 Å². The van der Waals surface area contributed by atoms with Crippen LogP contribution in [0, 0.1) is 0 Å². The summed E-state index contributed by atoms with van der Waals surface area (Å²) in [5, 5.41) is 0.728. The number of benzene rings is 1. The molecule has 0 saturated carbocycles. The van der Waals surface area contributed by atoms with Crippen LogP contribution in [0.25, 0.3) is 0 Å². The first-order valence-electron chi connectivity index (χ1n) is 8.41. The van der Waals surface area contributed by atoms with E-state index in [1.165, 1.54) is 0 Å². The highest BCUT2D eigenvalue weighted by atomic mass is 35.5. The Hall–Kier alpha value is -2.14. The number of carbonyl (C=O) groups is 1. The van der Waals surface area contributed by atoms with Crippen molar-refractivity contribution in [3.8, 4) is 0 Å². The molecule has 6 heteroatoms. The Morgan fingerprint density at radius 2 is 2.04 bits per heavy atom. The summed E-state index contributed by atoms with van der Waals surface area (Å²) in [6.07, 6.45) is 0.852. The molecule has 0 aliphatic carbocycles. The van der Waals surface area contributed by atoms with Crippen molar-refractivity contribution in [2.45, 2.75) is 38.5 Å². The average Bonchev–Trinajstić information content (AvgIpc) is 3.03. The summed E-state index contributed by atoms with van der Waals surface area (Å²) in [6.45, 7) is 7.16. The third-order valence-electron chi connectivity index (χ3n) is 4.59. The number of carbonyl (C=O) groups excluding carboxylic acids is 1. The molecule has 0 spiro atoms. The number of nitrogens with zero attached hydrogens (tertiary/aromatic N) is 2. The zero-order valence-electron chi connectivity index (χ0n) is 14.7. The van der Waals surface area contributed by atoms with Crippen LogP contribution < -0.4 is 5.69 Å². The molecular formula is C19H22ClN3O2. The van der Waals surface area contributed by atoms with Gasteiger partial charge in [-0.1, -0.05) is 50.6 Å². The van der Waals surface area contributed by atoms with E-state index in [0.29, 0.717) is 18.8 Å². The molecule has 1 aromatic carbocycles. The lowest BCUT2D eigenvalue weighted by Gasteiger charge is -2.20. The highest BCUT2D eigenvalue weighted by Gasteiger charge is 2.30. The third kappa shape index (κ3) is 3.76. The molecule has 1 aliphatic heterocycles. The molecule has 5 nitrogen and oxygen atoms in total. The summed E-state index contributed by atoms with van der Waals surface area (Å²) < 4.78 is 0. The Bertz CT molecular complexity index is 854. The number of nitrogens with one attached hydrogen (secondary N) is 1. The van der Waals surface area contributed by atoms with Crippen LogP contribution in [0.15, 0.2) is 35.1 Å². The van der Waals surface area contributed by atoms with E-state index in [0.717, 1.165) is 17.0 Å². The van der Waals surface area contributed by atoms with E-state index in [2.05, 4.69) is 9.97 Å². The number of halogens is 1. The molecule has 3 rings (SSSR count). The highest BCUT2D eigenvalue weighted by Crippen LogP contribution is 2.32. The fourth-order valence-electron chi connectivity index (χ4n) is 3.14. The van der Waals surface area contributed by atoms with E-state index < -0.39 is 5.69 Å². The second kappa shape index (κ2) is 6.64. The van der Waals surface area contributed by atoms with E-state index in [9.17, 15) is 9.59 Å². The van der Waals surface area contributed by atoms with E-state index in [1.807, 2.05) is 45.0 Å². The van der Waals surface area contributed by atoms with Gasteiger partial charge in [0, 0.05) is 35.1 Å². The van der Waals surface area contributed by atoms with Gasteiger partial charge in [-0.2, -0.15) is 4.98 Å². The van der Waals surface area contributed by atoms with Crippen LogP contribution in [0.5, 0.6) is 0 Å². The van der Waals surface area contributed by atoms with Crippen molar-refractivity contribution in [2.75, 3.05) is 13.1 Å². The number of hydrogen-bond donors (Lipinski definition) is 1. The van der Waals surface area contributed by atoms with Gasteiger partial charge in [0.05, 0.1) is 0 Å². The summed E-state index contributed by atoms with van der Waals surface area (Å²) in [7, 11) is 0. The molecule has 1 aliphatic rings. The Morgan fingerprint density at radius 1 is 1.32 bits per heavy atom. The molecular weight excluding hydrogens is 338 g/mol. The minimum atomic E-state index is -0.488. The minimum absolute atomic E-state index is 0.202. The van der Waals surface area contributed by atoms with Gasteiger partial charge in [0.1, 0.15) is 5.69 Å². The molecule has 1 unspecified atom stereocenters. The van der Waals surface area contributed by atoms with Crippen molar-refractivity contribution < 1.29 is 4.79 Å². The smallest absolute Gasteiger partial charge is 0.337 e. The van der Waals surface area contributed by atoms with Crippen LogP contribution in [0.3, 0.4) is 0 Å². The molecule has 1 amide bonds. The summed E-state index contributed by atoms with van der Waals surface area (Å²) in [5.41, 5.74) is 1.22. The SMILES string of the molecule is CC(C)(C)c1cc(C(=O)N2CCC(c3ccccc3Cl)C2)nc(=O)[nH]1. The van der Waals surface area contributed by atoms with Gasteiger partial charge in [0.15, 0.2) is 0 Å². The van der Waals surface area contributed by atoms with Crippen molar-refractivity contribution in [2.24, 2.45) is 0 Å². The molecule has 1 aromatic heterocycles. The summed E-state index contributed by atoms with van der Waals surface area (Å²) in [4.78, 5) is 33.0. The molecule has 132 valence electrons. The van der Waals surface area contributed by atoms with Crippen LogP contribution in [-0.2, 0) is 5.41 Å². The first-order chi connectivity index (χ1) is 11.8. The average molecular weight is 360 g/mol. The van der Waals surface area contributed by atoms with Crippen molar-refractivity contribution in [1.29, 1.82) is 0 Å². The third-order valence-corrected chi connectivity index (χ3v) is 4.94. The summed E-state index contributed by atoms with van der Waals surface area (Å²) >= 11 is 6.28. The van der Waals surface area contributed by atoms with Crippen LogP contribution in [0.1, 0.15) is 54.9 Å². The van der Waals surface area contributed by atoms with Gasteiger partial charge in [-0.25, -0.2) is 4.79 Å². The maximum atomic E-state index is 12.8. The first-order valence-corrected chi connectivity index (χ1v) is 8.79. The zero-order valence-corrected chi connectivity index (χ0v) is 15.4. The lowest BCUT2D eigenvalue weighted by atomic mass is 9.91. The Morgan fingerprint density at radius 3 is 2.72 bits per heavy atom. The quantitative estimate of drug-likeness (QED) is 0.894. The molecule has 25 heavy (non-hydrogen) atoms. The van der Waals surface area contributed by atoms with Crippen molar-refractivity contribution in [3.63, 3.8) is 0 Å². The van der Waals surface area contributed by atoms with Crippen molar-refractivity contribution in [1.82, 2.24) is 14.9 Å². The fourth-order valence-corrected chi connectivity index (χ4v) is 3.43. The maximum absolute atomic E-state index is 12.8. The van der Waals surface area contributed by atoms with E-state index >= 15 is 0 Å². The normalized spacial score (nSPS) is 17.8. The molecule has 1 saturated heterocycles. The molecule has 1 atom stereocenters. The summed E-state index contributed by atoms with van der Waals surface area (Å²) in [5.74, 6) is 0.00730. The van der Waals surface area contributed by atoms with Gasteiger partial charge in [-0.05, 0) is 24.1 Å². The lowest BCUT2D eigenvalue weighted by molar-refractivity contribution is 0.0784. The molecule has 0 radical (unpaired) electrons. The van der Waals surface area contributed by atoms with Crippen LogP contribution >= 0.6 is 11.6 Å². The van der Waals surface area contributed by atoms with Gasteiger partial charge in [0.2, 0.25) is 0 Å². The lowest BCUT2D eigenvalue weighted by Crippen LogP contribution is -2.32. The number of likely N-dealkylation sites (tertiary alicyclic amines) is 1. The van der Waals surface area contributed by atoms with Crippen LogP contribution in [0.4, 0.5) is 0 Å². The molecule has 0 bridgehead atoms. The first kappa shape index (κ1) is 17.7. The second-order valence-electron chi connectivity index (χ2n) is 7.49. The van der Waals surface area contributed by atoms with Gasteiger partial charge in [-0.15, -0.1) is 0 Å². The predicted octanol–water partition coefficient (Wildman–Crippen LogP) is 3.35. The second-order valence-corrected chi connectivity index (χ2v) is 7.90. The van der Waals surface area contributed by atoms with Gasteiger partial charge in [0.25, 0.3) is 5.91 Å². The Balaban J connectivity index is 1.82. The zero-order chi connectivity index (χ0) is 18.2. The van der Waals surface area contributed by atoms with Crippen LogP contribution in [0.2, 0.25) is 5.02 Å². The maximum Gasteiger partial charge on any atom is 0.345 e. The Kier molecular flexibility index (Phi) is 4.69. The van der Waals surface area contributed by atoms with Crippen LogP contribution in [-0.4, -0.2) is 33.9 Å². The minimum Gasteiger partial charge on any atom is -0.337 e. The van der Waals surface area contributed by atoms with Gasteiger partial charge < -0.3 is 9.88 Å². The standard InChI is InChI=1S/C19H22ClN3O2/c1-19(2,3)16-10-15(21-18(25)22-16)17(24)23-9-8-12(11-23)13-6-4-5-7-14(13)20/h4-7,10,12H,8-9,11H2,1-3H3,(H,21,22,25). The topological polar surface area (TPSA) is 66.1 Å². The summed E-state index contributed by atoms with van der Waals surface area (Å²) in [6, 6.07) is 9.42. The van der Waals surface area contributed by atoms with E-state index in [-0.39, 0.29) is 22.9 Å². The number of rotatable bonds is 2. The van der Waals surface area contributed by atoms with E-state index in [4.69, 9.17) is 11.6 Å². The monoisotopic (exact) mass is 359 g/mol. The number of hydrogen-bond acceptors (Lipinski definition) is 3. The largest absolute Gasteiger partial charge is 0.345 e. The van der Waals surface area contributed by atoms with Gasteiger partial charge in [-0.3, -0.25) is 4.79 Å². The molecule has 1 fully saturated rings. The number of amides is 1.